The van der Waals surface area contributed by atoms with E-state index < -0.39 is 0 Å². The van der Waals surface area contributed by atoms with Gasteiger partial charge in [-0.1, -0.05) is 112 Å². The van der Waals surface area contributed by atoms with E-state index in [0.29, 0.717) is 0 Å². The fourth-order valence-corrected chi connectivity index (χ4v) is 14.4. The van der Waals surface area contributed by atoms with E-state index in [1.165, 1.54) is 113 Å². The summed E-state index contributed by atoms with van der Waals surface area (Å²) in [5.41, 5.74) is 21.6. The summed E-state index contributed by atoms with van der Waals surface area (Å²) >= 11 is 5.44. The molecule has 0 radical (unpaired) electrons. The van der Waals surface area contributed by atoms with Crippen molar-refractivity contribution in [3.63, 3.8) is 0 Å². The molecule has 330 valence electrons. The Bertz CT molecular complexity index is 4060. The number of thiophene rings is 3. The van der Waals surface area contributed by atoms with Crippen molar-refractivity contribution in [3.8, 4) is 33.4 Å². The fourth-order valence-electron chi connectivity index (χ4n) is 11.5. The highest BCUT2D eigenvalue weighted by Gasteiger charge is 2.47. The Morgan fingerprint density at radius 3 is 1.65 bits per heavy atom. The van der Waals surface area contributed by atoms with Crippen LogP contribution in [0.4, 0.5) is 34.3 Å². The highest BCUT2D eigenvalue weighted by molar-refractivity contribution is 7.18. The summed E-state index contributed by atoms with van der Waals surface area (Å²) in [7, 11) is 0. The molecule has 0 spiro atoms. The van der Waals surface area contributed by atoms with E-state index in [4.69, 9.17) is 4.42 Å². The Kier molecular flexibility index (Phi) is 8.99. The highest BCUT2D eigenvalue weighted by Crippen LogP contribution is 2.50. The molecule has 0 unspecified atom stereocenters. The van der Waals surface area contributed by atoms with Crippen molar-refractivity contribution in [2.24, 2.45) is 0 Å². The zero-order valence-corrected chi connectivity index (χ0v) is 41.4. The average Bonchev–Trinajstić information content (AvgIpc) is 4.18. The van der Waals surface area contributed by atoms with Crippen LogP contribution in [0.15, 0.2) is 184 Å². The molecule has 12 aromatic rings. The van der Waals surface area contributed by atoms with Gasteiger partial charge in [0.1, 0.15) is 5.58 Å². The topological polar surface area (TPSA) is 19.6 Å². The van der Waals surface area contributed by atoms with Crippen molar-refractivity contribution in [1.82, 2.24) is 0 Å². The first kappa shape index (κ1) is 40.9. The molecule has 69 heavy (non-hydrogen) atoms. The van der Waals surface area contributed by atoms with Gasteiger partial charge in [-0.15, -0.1) is 34.0 Å². The van der Waals surface area contributed by atoms with E-state index in [0.717, 1.165) is 28.5 Å². The molecule has 0 fully saturated rings. The lowest BCUT2D eigenvalue weighted by atomic mass is 9.33. The zero-order valence-electron chi connectivity index (χ0n) is 38.9. The molecular formula is C62H45BN2OS3. The van der Waals surface area contributed by atoms with Crippen LogP contribution < -0.4 is 26.2 Å². The number of hydrogen-bond donors (Lipinski definition) is 0. The van der Waals surface area contributed by atoms with Crippen LogP contribution in [0.5, 0.6) is 0 Å². The van der Waals surface area contributed by atoms with Crippen LogP contribution in [-0.2, 0) is 5.41 Å². The number of fused-ring (bicyclic) bond motifs is 9. The Hall–Kier alpha value is -7.16. The van der Waals surface area contributed by atoms with Crippen molar-refractivity contribution >= 4 is 133 Å². The minimum absolute atomic E-state index is 0.0527. The quantitative estimate of drug-likeness (QED) is 0.160. The molecule has 0 atom stereocenters. The molecule has 2 aliphatic heterocycles. The van der Waals surface area contributed by atoms with Crippen LogP contribution in [-0.4, -0.2) is 6.71 Å². The zero-order chi connectivity index (χ0) is 46.3. The lowest BCUT2D eigenvalue weighted by Gasteiger charge is -2.43. The highest BCUT2D eigenvalue weighted by atomic mass is 32.1. The smallest absolute Gasteiger partial charge is 0.257 e. The summed E-state index contributed by atoms with van der Waals surface area (Å²) in [5, 5.41) is 12.0. The first-order chi connectivity index (χ1) is 33.7. The third kappa shape index (κ3) is 6.17. The molecule has 0 saturated carbocycles. The second kappa shape index (κ2) is 15.2. The molecule has 6 heterocycles. The maximum absolute atomic E-state index is 7.31. The lowest BCUT2D eigenvalue weighted by Crippen LogP contribution is -2.61. The number of nitrogens with zero attached hydrogens (tertiary/aromatic N) is 2. The van der Waals surface area contributed by atoms with Crippen LogP contribution in [0.3, 0.4) is 0 Å². The maximum Gasteiger partial charge on any atom is 0.257 e. The second-order valence-electron chi connectivity index (χ2n) is 19.8. The molecule has 14 rings (SSSR count). The lowest BCUT2D eigenvalue weighted by molar-refractivity contribution is 0.589. The van der Waals surface area contributed by atoms with Crippen LogP contribution >= 0.6 is 34.0 Å². The normalized spacial score (nSPS) is 13.2. The fraction of sp³-hybridized carbons (Fsp3) is 0.0968. The molecule has 0 aliphatic carbocycles. The van der Waals surface area contributed by atoms with Gasteiger partial charge in [0, 0.05) is 80.5 Å². The molecule has 4 aromatic heterocycles. The Morgan fingerprint density at radius 2 is 1.03 bits per heavy atom. The van der Waals surface area contributed by atoms with Crippen LogP contribution in [0.1, 0.15) is 37.5 Å². The summed E-state index contributed by atoms with van der Waals surface area (Å²) in [6.45, 7) is 11.4. The minimum atomic E-state index is -0.0977. The number of anilines is 6. The van der Waals surface area contributed by atoms with Crippen LogP contribution in [0, 0.1) is 13.8 Å². The number of rotatable bonds is 5. The van der Waals surface area contributed by atoms with Gasteiger partial charge < -0.3 is 9.32 Å². The second-order valence-corrected chi connectivity index (χ2v) is 22.5. The monoisotopic (exact) mass is 940 g/mol. The summed E-state index contributed by atoms with van der Waals surface area (Å²) in [5.74, 6) is 0.893. The third-order valence-corrected chi connectivity index (χ3v) is 17.6. The van der Waals surface area contributed by atoms with Crippen molar-refractivity contribution < 1.29 is 4.42 Å². The predicted octanol–water partition coefficient (Wildman–Crippen LogP) is 17.1. The van der Waals surface area contributed by atoms with E-state index in [1.54, 1.807) is 0 Å². The number of furan rings is 1. The number of hydrogen-bond acceptors (Lipinski definition) is 6. The van der Waals surface area contributed by atoms with Gasteiger partial charge in [0.05, 0.1) is 5.69 Å². The van der Waals surface area contributed by atoms with Gasteiger partial charge in [0.25, 0.3) is 6.71 Å². The summed E-state index contributed by atoms with van der Waals surface area (Å²) in [6, 6.07) is 61.4. The standard InChI is InChI=1S/C62H45BN2OS3/c1-36-28-40(49-35-69-57-23-11-8-18-45(49)57)29-37(2)60(36)65-52-20-13-19-51-59(52)63(58-46-32-41(62(3,4)5)25-27-54(46)66-61(58)65)50-26-24-39(48-34-68-56-22-10-7-17-44(48)56)31-53(50)64(51)42-15-12-14-38(30-42)47-33-67-55-21-9-6-16-43(47)55/h6-35H,1-5H3. The molecular weight excluding hydrogens is 896 g/mol. The third-order valence-electron chi connectivity index (χ3n) is 14.7. The maximum atomic E-state index is 7.31. The molecule has 2 aliphatic rings. The van der Waals surface area contributed by atoms with Gasteiger partial charge in [-0.25, -0.2) is 0 Å². The molecule has 0 N–H and O–H groups in total. The molecule has 0 saturated heterocycles. The number of benzene rings is 8. The number of aryl methyl sites for hydroxylation is 2. The van der Waals surface area contributed by atoms with E-state index in [9.17, 15) is 0 Å². The van der Waals surface area contributed by atoms with E-state index >= 15 is 0 Å². The first-order valence-electron chi connectivity index (χ1n) is 23.7. The largest absolute Gasteiger partial charge is 0.440 e. The molecule has 8 aromatic carbocycles. The molecule has 3 nitrogen and oxygen atoms in total. The van der Waals surface area contributed by atoms with Gasteiger partial charge in [-0.05, 0) is 153 Å². The van der Waals surface area contributed by atoms with Crippen LogP contribution in [0.2, 0.25) is 0 Å². The average molecular weight is 941 g/mol. The predicted molar refractivity (Wildman–Crippen MR) is 301 cm³/mol. The molecule has 0 bridgehead atoms. The Labute approximate surface area is 414 Å². The van der Waals surface area contributed by atoms with Gasteiger partial charge >= 0.3 is 0 Å². The van der Waals surface area contributed by atoms with Crippen molar-refractivity contribution in [2.75, 3.05) is 9.80 Å². The van der Waals surface area contributed by atoms with Crippen molar-refractivity contribution in [3.05, 3.63) is 197 Å². The van der Waals surface area contributed by atoms with Gasteiger partial charge in [0.15, 0.2) is 0 Å². The minimum Gasteiger partial charge on any atom is -0.440 e. The Morgan fingerprint density at radius 1 is 0.464 bits per heavy atom. The van der Waals surface area contributed by atoms with Crippen LogP contribution in [0.25, 0.3) is 74.6 Å². The van der Waals surface area contributed by atoms with Gasteiger partial charge in [-0.3, -0.25) is 4.90 Å². The summed E-state index contributed by atoms with van der Waals surface area (Å²) in [6.07, 6.45) is 0. The van der Waals surface area contributed by atoms with Crippen molar-refractivity contribution in [1.29, 1.82) is 0 Å². The summed E-state index contributed by atoms with van der Waals surface area (Å²) in [4.78, 5) is 5.02. The van der Waals surface area contributed by atoms with E-state index in [2.05, 4.69) is 224 Å². The van der Waals surface area contributed by atoms with E-state index in [-0.39, 0.29) is 12.1 Å². The SMILES string of the molecule is Cc1cc(-c2csc3ccccc23)cc(C)c1N1c2cccc3c2B(c2ccc(-c4csc5ccccc45)cc2N3c2cccc(-c3csc4ccccc34)c2)c2c1oc1ccc(C(C)(C)C)cc21. The van der Waals surface area contributed by atoms with Gasteiger partial charge in [0.2, 0.25) is 5.88 Å². The first-order valence-corrected chi connectivity index (χ1v) is 26.4. The molecule has 0 amide bonds. The van der Waals surface area contributed by atoms with E-state index in [1.807, 2.05) is 34.0 Å². The molecule has 7 heteroatoms. The summed E-state index contributed by atoms with van der Waals surface area (Å²) < 4.78 is 11.2. The van der Waals surface area contributed by atoms with Crippen molar-refractivity contribution in [2.45, 2.75) is 40.0 Å². The van der Waals surface area contributed by atoms with Gasteiger partial charge in [-0.2, -0.15) is 0 Å². The Balaban J connectivity index is 1.04.